The van der Waals surface area contributed by atoms with E-state index < -0.39 is 0 Å². The highest BCUT2D eigenvalue weighted by molar-refractivity contribution is 5.77. The van der Waals surface area contributed by atoms with Crippen molar-refractivity contribution in [2.45, 2.75) is 59.8 Å². The summed E-state index contributed by atoms with van der Waals surface area (Å²) in [5, 5.41) is 1.34. The number of nitrogens with zero attached hydrogens (tertiary/aromatic N) is 1. The van der Waals surface area contributed by atoms with Gasteiger partial charge < -0.3 is 0 Å². The number of carbonyl (C=O) groups is 1. The normalized spacial score (nSPS) is 11.4. The van der Waals surface area contributed by atoms with Crippen LogP contribution in [0.3, 0.4) is 0 Å². The molecule has 0 radical (unpaired) electrons. The summed E-state index contributed by atoms with van der Waals surface area (Å²) in [5.74, 6) is 0.257. The molecule has 16 heavy (non-hydrogen) atoms. The van der Waals surface area contributed by atoms with Gasteiger partial charge in [0.15, 0.2) is 0 Å². The number of hydrogen-bond acceptors (Lipinski definition) is 2. The Hall–Kier alpha value is -0.570. The van der Waals surface area contributed by atoms with Crippen LogP contribution in [0.2, 0.25) is 0 Å². The van der Waals surface area contributed by atoms with E-state index in [-0.39, 0.29) is 11.8 Å². The standard InChI is InChI=1S/C11H23NO2.C2H6/c1-5-7-9-10(8-6-2)11(13)12(3)14-4;1-2/h10H,5-9H2,1-4H3;1-2H3. The molecule has 0 saturated carbocycles. The molecule has 0 heterocycles. The third-order valence-electron chi connectivity index (χ3n) is 2.48. The fourth-order valence-corrected chi connectivity index (χ4v) is 1.54. The van der Waals surface area contributed by atoms with Crippen LogP contribution < -0.4 is 0 Å². The van der Waals surface area contributed by atoms with E-state index in [1.807, 2.05) is 13.8 Å². The minimum Gasteiger partial charge on any atom is -0.275 e. The van der Waals surface area contributed by atoms with E-state index in [9.17, 15) is 4.79 Å². The molecule has 3 heteroatoms. The van der Waals surface area contributed by atoms with Crippen LogP contribution in [-0.2, 0) is 9.63 Å². The molecule has 0 aromatic heterocycles. The number of hydroxylamine groups is 2. The van der Waals surface area contributed by atoms with Gasteiger partial charge in [0.25, 0.3) is 0 Å². The third-order valence-corrected chi connectivity index (χ3v) is 2.48. The molecule has 1 amide bonds. The fourth-order valence-electron chi connectivity index (χ4n) is 1.54. The lowest BCUT2D eigenvalue weighted by atomic mass is 9.96. The van der Waals surface area contributed by atoms with Gasteiger partial charge in [-0.05, 0) is 12.8 Å². The van der Waals surface area contributed by atoms with E-state index in [0.29, 0.717) is 0 Å². The van der Waals surface area contributed by atoms with Crippen molar-refractivity contribution in [1.82, 2.24) is 5.06 Å². The number of amides is 1. The Morgan fingerprint density at radius 1 is 1.19 bits per heavy atom. The van der Waals surface area contributed by atoms with Gasteiger partial charge in [0.2, 0.25) is 5.91 Å². The monoisotopic (exact) mass is 231 g/mol. The third kappa shape index (κ3) is 7.69. The second kappa shape index (κ2) is 12.5. The first-order chi connectivity index (χ1) is 7.67. The first-order valence-corrected chi connectivity index (χ1v) is 6.49. The van der Waals surface area contributed by atoms with E-state index >= 15 is 0 Å². The Morgan fingerprint density at radius 2 is 1.75 bits per heavy atom. The van der Waals surface area contributed by atoms with Gasteiger partial charge in [0, 0.05) is 13.0 Å². The van der Waals surface area contributed by atoms with Gasteiger partial charge in [-0.15, -0.1) is 0 Å². The molecule has 0 fully saturated rings. The zero-order chi connectivity index (χ0) is 13.0. The minimum atomic E-state index is 0.114. The van der Waals surface area contributed by atoms with E-state index in [2.05, 4.69) is 13.8 Å². The summed E-state index contributed by atoms with van der Waals surface area (Å²) in [4.78, 5) is 16.7. The van der Waals surface area contributed by atoms with Crippen LogP contribution in [0.15, 0.2) is 0 Å². The van der Waals surface area contributed by atoms with Crippen molar-refractivity contribution in [2.24, 2.45) is 5.92 Å². The van der Waals surface area contributed by atoms with E-state index in [0.717, 1.165) is 32.1 Å². The Bertz CT molecular complexity index is 160. The van der Waals surface area contributed by atoms with Crippen LogP contribution >= 0.6 is 0 Å². The van der Waals surface area contributed by atoms with E-state index in [1.165, 1.54) is 12.2 Å². The van der Waals surface area contributed by atoms with Crippen molar-refractivity contribution in [3.8, 4) is 0 Å². The van der Waals surface area contributed by atoms with Crippen LogP contribution in [0, 0.1) is 5.92 Å². The molecular weight excluding hydrogens is 202 g/mol. The van der Waals surface area contributed by atoms with Crippen molar-refractivity contribution >= 4 is 5.91 Å². The van der Waals surface area contributed by atoms with Gasteiger partial charge in [-0.3, -0.25) is 9.63 Å². The largest absolute Gasteiger partial charge is 0.275 e. The summed E-state index contributed by atoms with van der Waals surface area (Å²) in [5.41, 5.74) is 0. The molecule has 0 aliphatic heterocycles. The summed E-state index contributed by atoms with van der Waals surface area (Å²) in [7, 11) is 3.21. The summed E-state index contributed by atoms with van der Waals surface area (Å²) >= 11 is 0. The molecule has 0 aromatic rings. The molecule has 0 aromatic carbocycles. The topological polar surface area (TPSA) is 29.5 Å². The number of hydrogen-bond donors (Lipinski definition) is 0. The molecule has 98 valence electrons. The molecule has 0 N–H and O–H groups in total. The molecule has 1 atom stereocenters. The van der Waals surface area contributed by atoms with E-state index in [4.69, 9.17) is 4.84 Å². The summed E-state index contributed by atoms with van der Waals surface area (Å²) in [6, 6.07) is 0. The molecule has 1 unspecified atom stereocenters. The minimum absolute atomic E-state index is 0.114. The zero-order valence-electron chi connectivity index (χ0n) is 11.9. The van der Waals surface area contributed by atoms with Crippen molar-refractivity contribution in [3.63, 3.8) is 0 Å². The Labute approximate surface area is 101 Å². The second-order valence-electron chi connectivity index (χ2n) is 3.65. The predicted molar refractivity (Wildman–Crippen MR) is 69.1 cm³/mol. The SMILES string of the molecule is CC.CCCCC(CCC)C(=O)N(C)OC. The molecular formula is C13H29NO2. The summed E-state index contributed by atoms with van der Waals surface area (Å²) < 4.78 is 0. The van der Waals surface area contributed by atoms with Gasteiger partial charge in [-0.25, -0.2) is 5.06 Å². The molecule has 0 spiro atoms. The lowest BCUT2D eigenvalue weighted by Gasteiger charge is -2.21. The first kappa shape index (κ1) is 17.8. The lowest BCUT2D eigenvalue weighted by Crippen LogP contribution is -2.32. The maximum atomic E-state index is 11.8. The van der Waals surface area contributed by atoms with Gasteiger partial charge in [0.05, 0.1) is 7.11 Å². The molecule has 0 aliphatic carbocycles. The quantitative estimate of drug-likeness (QED) is 0.626. The molecule has 0 rings (SSSR count). The maximum absolute atomic E-state index is 11.8. The average Bonchev–Trinajstić information content (AvgIpc) is 2.35. The molecule has 0 saturated heterocycles. The smallest absolute Gasteiger partial charge is 0.248 e. The van der Waals surface area contributed by atoms with Crippen molar-refractivity contribution < 1.29 is 9.63 Å². The number of rotatable bonds is 7. The van der Waals surface area contributed by atoms with Crippen LogP contribution in [0.25, 0.3) is 0 Å². The van der Waals surface area contributed by atoms with Gasteiger partial charge in [-0.1, -0.05) is 47.0 Å². The van der Waals surface area contributed by atoms with Crippen LogP contribution in [0.5, 0.6) is 0 Å². The fraction of sp³-hybridized carbons (Fsp3) is 0.923. The maximum Gasteiger partial charge on any atom is 0.248 e. The Balaban J connectivity index is 0. The highest BCUT2D eigenvalue weighted by Gasteiger charge is 2.20. The van der Waals surface area contributed by atoms with Crippen molar-refractivity contribution in [1.29, 1.82) is 0 Å². The Kier molecular flexibility index (Phi) is 13.9. The summed E-state index contributed by atoms with van der Waals surface area (Å²) in [6.45, 7) is 8.26. The lowest BCUT2D eigenvalue weighted by molar-refractivity contribution is -0.174. The molecule has 0 aliphatic rings. The van der Waals surface area contributed by atoms with E-state index in [1.54, 1.807) is 7.05 Å². The van der Waals surface area contributed by atoms with Crippen LogP contribution in [-0.4, -0.2) is 25.1 Å². The van der Waals surface area contributed by atoms with Gasteiger partial charge >= 0.3 is 0 Å². The molecule has 0 bridgehead atoms. The molecule has 3 nitrogen and oxygen atoms in total. The average molecular weight is 231 g/mol. The van der Waals surface area contributed by atoms with Gasteiger partial charge in [-0.2, -0.15) is 0 Å². The number of carbonyl (C=O) groups excluding carboxylic acids is 1. The first-order valence-electron chi connectivity index (χ1n) is 6.49. The predicted octanol–water partition coefficient (Wildman–Crippen LogP) is 3.64. The van der Waals surface area contributed by atoms with Crippen LogP contribution in [0.4, 0.5) is 0 Å². The van der Waals surface area contributed by atoms with Crippen molar-refractivity contribution in [2.75, 3.05) is 14.2 Å². The van der Waals surface area contributed by atoms with Gasteiger partial charge in [0.1, 0.15) is 0 Å². The number of unbranched alkanes of at least 4 members (excludes halogenated alkanes) is 1. The summed E-state index contributed by atoms with van der Waals surface area (Å²) in [6.07, 6.45) is 5.26. The van der Waals surface area contributed by atoms with Crippen molar-refractivity contribution in [3.05, 3.63) is 0 Å². The highest BCUT2D eigenvalue weighted by atomic mass is 16.7. The second-order valence-corrected chi connectivity index (χ2v) is 3.65. The Morgan fingerprint density at radius 3 is 2.12 bits per heavy atom. The zero-order valence-corrected chi connectivity index (χ0v) is 11.9. The highest BCUT2D eigenvalue weighted by Crippen LogP contribution is 2.17. The van der Waals surface area contributed by atoms with Crippen LogP contribution in [0.1, 0.15) is 59.8 Å².